The van der Waals surface area contributed by atoms with Gasteiger partial charge in [-0.05, 0) is 58.0 Å². The molecular weight excluding hydrogens is 252 g/mol. The van der Waals surface area contributed by atoms with Gasteiger partial charge in [0.05, 0.1) is 6.61 Å². The Hall–Kier alpha value is -0.610. The minimum Gasteiger partial charge on any atom is -0.465 e. The van der Waals surface area contributed by atoms with Crippen LogP contribution in [0.25, 0.3) is 0 Å². The molecular formula is C16H30N2O2. The summed E-state index contributed by atoms with van der Waals surface area (Å²) in [6, 6.07) is 0.640. The summed E-state index contributed by atoms with van der Waals surface area (Å²) >= 11 is 0. The fourth-order valence-electron chi connectivity index (χ4n) is 3.67. The summed E-state index contributed by atoms with van der Waals surface area (Å²) in [5.41, 5.74) is -0.470. The van der Waals surface area contributed by atoms with Crippen LogP contribution >= 0.6 is 0 Å². The van der Waals surface area contributed by atoms with Gasteiger partial charge in [0, 0.05) is 12.6 Å². The predicted molar refractivity (Wildman–Crippen MR) is 80.7 cm³/mol. The van der Waals surface area contributed by atoms with Gasteiger partial charge in [-0.25, -0.2) is 4.79 Å². The Bertz CT molecular complexity index is 330. The molecule has 4 nitrogen and oxygen atoms in total. The van der Waals surface area contributed by atoms with Crippen LogP contribution in [0.2, 0.25) is 0 Å². The number of carbonyl (C=O) groups is 1. The molecule has 20 heavy (non-hydrogen) atoms. The molecule has 1 aliphatic heterocycles. The largest absolute Gasteiger partial charge is 0.465 e. The average Bonchev–Trinajstić information content (AvgIpc) is 3.19. The molecule has 2 atom stereocenters. The topological polar surface area (TPSA) is 41.6 Å². The molecule has 0 spiro atoms. The van der Waals surface area contributed by atoms with Crippen molar-refractivity contribution in [3.8, 4) is 0 Å². The molecule has 1 heterocycles. The zero-order valence-electron chi connectivity index (χ0n) is 13.3. The van der Waals surface area contributed by atoms with Crippen LogP contribution in [-0.4, -0.2) is 48.7 Å². The van der Waals surface area contributed by atoms with E-state index in [0.717, 1.165) is 32.5 Å². The molecule has 0 amide bonds. The van der Waals surface area contributed by atoms with Crippen molar-refractivity contribution in [1.82, 2.24) is 10.2 Å². The van der Waals surface area contributed by atoms with Crippen molar-refractivity contribution < 1.29 is 9.53 Å². The van der Waals surface area contributed by atoms with E-state index >= 15 is 0 Å². The Kier molecular flexibility index (Phi) is 5.44. The third-order valence-electron chi connectivity index (χ3n) is 4.83. The van der Waals surface area contributed by atoms with Crippen LogP contribution in [0.3, 0.4) is 0 Å². The molecule has 116 valence electrons. The fourth-order valence-corrected chi connectivity index (χ4v) is 3.67. The van der Waals surface area contributed by atoms with E-state index in [4.69, 9.17) is 4.74 Å². The van der Waals surface area contributed by atoms with Crippen LogP contribution in [0.5, 0.6) is 0 Å². The Morgan fingerprint density at radius 3 is 2.60 bits per heavy atom. The van der Waals surface area contributed by atoms with E-state index < -0.39 is 5.54 Å². The first-order chi connectivity index (χ1) is 9.67. The highest BCUT2D eigenvalue weighted by Gasteiger charge is 2.53. The van der Waals surface area contributed by atoms with Gasteiger partial charge in [-0.1, -0.05) is 13.8 Å². The molecule has 0 aromatic heterocycles. The highest BCUT2D eigenvalue weighted by Crippen LogP contribution is 2.42. The fraction of sp³-hybridized carbons (Fsp3) is 0.938. The number of nitrogens with one attached hydrogen (secondary N) is 1. The van der Waals surface area contributed by atoms with Gasteiger partial charge in [0.25, 0.3) is 0 Å². The summed E-state index contributed by atoms with van der Waals surface area (Å²) in [7, 11) is 0. The molecule has 2 aliphatic rings. The predicted octanol–water partition coefficient (Wildman–Crippen LogP) is 2.18. The van der Waals surface area contributed by atoms with Crippen LogP contribution in [0, 0.1) is 5.92 Å². The Balaban J connectivity index is 2.14. The number of rotatable bonds is 8. The van der Waals surface area contributed by atoms with E-state index in [1.807, 2.05) is 6.92 Å². The van der Waals surface area contributed by atoms with Gasteiger partial charge in [0.1, 0.15) is 5.54 Å². The van der Waals surface area contributed by atoms with Crippen molar-refractivity contribution in [3.63, 3.8) is 0 Å². The molecule has 2 fully saturated rings. The molecule has 0 bridgehead atoms. The summed E-state index contributed by atoms with van der Waals surface area (Å²) in [4.78, 5) is 15.1. The second-order valence-electron chi connectivity index (χ2n) is 6.17. The van der Waals surface area contributed by atoms with Crippen LogP contribution in [0.4, 0.5) is 0 Å². The molecule has 1 aliphatic carbocycles. The maximum atomic E-state index is 12.6. The number of hydrogen-bond donors (Lipinski definition) is 1. The number of ether oxygens (including phenoxy) is 1. The monoisotopic (exact) mass is 282 g/mol. The highest BCUT2D eigenvalue weighted by molar-refractivity contribution is 5.82. The molecule has 1 N–H and O–H groups in total. The van der Waals surface area contributed by atoms with Gasteiger partial charge in [0.2, 0.25) is 0 Å². The van der Waals surface area contributed by atoms with Crippen LogP contribution in [0.1, 0.15) is 52.9 Å². The van der Waals surface area contributed by atoms with Gasteiger partial charge in [-0.2, -0.15) is 0 Å². The second kappa shape index (κ2) is 6.90. The van der Waals surface area contributed by atoms with Crippen LogP contribution in [-0.2, 0) is 9.53 Å². The molecule has 0 aromatic carbocycles. The molecule has 1 saturated carbocycles. The van der Waals surface area contributed by atoms with E-state index in [-0.39, 0.29) is 5.97 Å². The Morgan fingerprint density at radius 2 is 2.05 bits per heavy atom. The van der Waals surface area contributed by atoms with Crippen molar-refractivity contribution in [1.29, 1.82) is 0 Å². The first-order valence-electron chi connectivity index (χ1n) is 8.34. The first-order valence-corrected chi connectivity index (χ1v) is 8.34. The maximum absolute atomic E-state index is 12.6. The van der Waals surface area contributed by atoms with Gasteiger partial charge in [-0.3, -0.25) is 4.90 Å². The summed E-state index contributed by atoms with van der Waals surface area (Å²) in [6.45, 7) is 9.46. The van der Waals surface area contributed by atoms with E-state index in [9.17, 15) is 4.79 Å². The number of likely N-dealkylation sites (tertiary alicyclic amines) is 1. The molecule has 2 rings (SSSR count). The number of esters is 1. The first kappa shape index (κ1) is 15.8. The maximum Gasteiger partial charge on any atom is 0.327 e. The van der Waals surface area contributed by atoms with Gasteiger partial charge in [0.15, 0.2) is 0 Å². The van der Waals surface area contributed by atoms with Crippen molar-refractivity contribution in [2.45, 2.75) is 64.5 Å². The van der Waals surface area contributed by atoms with Crippen LogP contribution in [0.15, 0.2) is 0 Å². The summed E-state index contributed by atoms with van der Waals surface area (Å²) in [5, 5.41) is 3.50. The lowest BCUT2D eigenvalue weighted by Gasteiger charge is -2.38. The Labute approximate surface area is 123 Å². The molecule has 0 radical (unpaired) electrons. The third kappa shape index (κ3) is 3.17. The standard InChI is InChI=1S/C16H30N2O2/c1-4-14-8-7-11-18(14)12-16(17-5-2,13-9-10-13)15(19)20-6-3/h13-14,17H,4-12H2,1-3H3. The zero-order chi connectivity index (χ0) is 14.6. The summed E-state index contributed by atoms with van der Waals surface area (Å²) < 4.78 is 5.41. The third-order valence-corrected chi connectivity index (χ3v) is 4.83. The minimum atomic E-state index is -0.470. The summed E-state index contributed by atoms with van der Waals surface area (Å²) in [6.07, 6.45) is 6.00. The van der Waals surface area contributed by atoms with Crippen LogP contribution < -0.4 is 5.32 Å². The summed E-state index contributed by atoms with van der Waals surface area (Å²) in [5.74, 6) is 0.422. The normalized spacial score (nSPS) is 26.4. The zero-order valence-corrected chi connectivity index (χ0v) is 13.3. The lowest BCUT2D eigenvalue weighted by Crippen LogP contribution is -2.61. The van der Waals surface area contributed by atoms with E-state index in [1.165, 1.54) is 19.3 Å². The number of likely N-dealkylation sites (N-methyl/N-ethyl adjacent to an activating group) is 1. The number of nitrogens with zero attached hydrogens (tertiary/aromatic N) is 1. The lowest BCUT2D eigenvalue weighted by molar-refractivity contribution is -0.153. The van der Waals surface area contributed by atoms with Gasteiger partial charge < -0.3 is 10.1 Å². The average molecular weight is 282 g/mol. The highest BCUT2D eigenvalue weighted by atomic mass is 16.5. The van der Waals surface area contributed by atoms with E-state index in [0.29, 0.717) is 18.6 Å². The molecule has 2 unspecified atom stereocenters. The molecule has 1 saturated heterocycles. The SMILES string of the molecule is CCNC(CN1CCCC1CC)(C(=O)OCC)C1CC1. The molecule has 4 heteroatoms. The molecule has 0 aromatic rings. The quantitative estimate of drug-likeness (QED) is 0.693. The van der Waals surface area contributed by atoms with Crippen molar-refractivity contribution >= 4 is 5.97 Å². The lowest BCUT2D eigenvalue weighted by atomic mass is 9.91. The van der Waals surface area contributed by atoms with Crippen molar-refractivity contribution in [3.05, 3.63) is 0 Å². The van der Waals surface area contributed by atoms with E-state index in [2.05, 4.69) is 24.1 Å². The van der Waals surface area contributed by atoms with Gasteiger partial charge >= 0.3 is 5.97 Å². The second-order valence-corrected chi connectivity index (χ2v) is 6.17. The van der Waals surface area contributed by atoms with Crippen molar-refractivity contribution in [2.75, 3.05) is 26.2 Å². The van der Waals surface area contributed by atoms with Crippen molar-refractivity contribution in [2.24, 2.45) is 5.92 Å². The van der Waals surface area contributed by atoms with E-state index in [1.54, 1.807) is 0 Å². The number of carbonyl (C=O) groups excluding carboxylic acids is 1. The van der Waals surface area contributed by atoms with Gasteiger partial charge in [-0.15, -0.1) is 0 Å². The number of hydrogen-bond acceptors (Lipinski definition) is 4. The minimum absolute atomic E-state index is 0.0360. The smallest absolute Gasteiger partial charge is 0.327 e. The Morgan fingerprint density at radius 1 is 1.30 bits per heavy atom.